The number of aryl methyl sites for hydroxylation is 2. The third kappa shape index (κ3) is 4.12. The molecule has 3 heterocycles. The Morgan fingerprint density at radius 1 is 1.03 bits per heavy atom. The summed E-state index contributed by atoms with van der Waals surface area (Å²) in [7, 11) is 0. The van der Waals surface area contributed by atoms with Crippen molar-refractivity contribution in [2.75, 3.05) is 5.32 Å². The molecular formula is C21H16F2N4OS2. The number of hydrogen-bond acceptors (Lipinski definition) is 6. The SMILES string of the molecule is Cc1nc(C)c(-c2nc(NC(=O)Cc3c(F)cccc3F)sc2-c2cccnc2)s1. The normalized spacial score (nSPS) is 10.9. The fourth-order valence-corrected chi connectivity index (χ4v) is 4.95. The van der Waals surface area contributed by atoms with E-state index < -0.39 is 24.0 Å². The third-order valence-corrected chi connectivity index (χ3v) is 6.41. The van der Waals surface area contributed by atoms with Gasteiger partial charge in [0.1, 0.15) is 17.3 Å². The van der Waals surface area contributed by atoms with E-state index in [1.165, 1.54) is 28.7 Å². The summed E-state index contributed by atoms with van der Waals surface area (Å²) in [6.45, 7) is 3.83. The molecule has 0 bridgehead atoms. The summed E-state index contributed by atoms with van der Waals surface area (Å²) in [6.07, 6.45) is 2.98. The molecule has 0 saturated carbocycles. The van der Waals surface area contributed by atoms with Crippen LogP contribution in [0.3, 0.4) is 0 Å². The van der Waals surface area contributed by atoms with E-state index in [1.54, 1.807) is 12.4 Å². The lowest BCUT2D eigenvalue weighted by Gasteiger charge is -2.04. The largest absolute Gasteiger partial charge is 0.302 e. The summed E-state index contributed by atoms with van der Waals surface area (Å²) in [5, 5.41) is 3.92. The molecule has 1 aromatic carbocycles. The number of nitrogens with one attached hydrogen (secondary N) is 1. The lowest BCUT2D eigenvalue weighted by molar-refractivity contribution is -0.115. The minimum Gasteiger partial charge on any atom is -0.302 e. The second-order valence-corrected chi connectivity index (χ2v) is 8.71. The van der Waals surface area contributed by atoms with Gasteiger partial charge in [-0.2, -0.15) is 0 Å². The molecular weight excluding hydrogens is 426 g/mol. The highest BCUT2D eigenvalue weighted by Gasteiger charge is 2.21. The van der Waals surface area contributed by atoms with Crippen LogP contribution in [0.1, 0.15) is 16.3 Å². The maximum Gasteiger partial charge on any atom is 0.230 e. The van der Waals surface area contributed by atoms with Crippen molar-refractivity contribution in [3.63, 3.8) is 0 Å². The topological polar surface area (TPSA) is 67.8 Å². The molecule has 9 heteroatoms. The van der Waals surface area contributed by atoms with Crippen LogP contribution in [-0.2, 0) is 11.2 Å². The zero-order chi connectivity index (χ0) is 21.3. The van der Waals surface area contributed by atoms with Crippen molar-refractivity contribution in [3.8, 4) is 21.0 Å². The van der Waals surface area contributed by atoms with Gasteiger partial charge >= 0.3 is 0 Å². The molecule has 0 atom stereocenters. The van der Waals surface area contributed by atoms with E-state index >= 15 is 0 Å². The zero-order valence-electron chi connectivity index (χ0n) is 16.1. The van der Waals surface area contributed by atoms with Crippen LogP contribution in [0.2, 0.25) is 0 Å². The monoisotopic (exact) mass is 442 g/mol. The maximum atomic E-state index is 13.9. The minimum absolute atomic E-state index is 0.270. The number of benzene rings is 1. The number of hydrogen-bond donors (Lipinski definition) is 1. The van der Waals surface area contributed by atoms with Gasteiger partial charge in [0.2, 0.25) is 5.91 Å². The summed E-state index contributed by atoms with van der Waals surface area (Å²) in [6, 6.07) is 7.25. The molecule has 0 aliphatic rings. The number of carbonyl (C=O) groups is 1. The number of aromatic nitrogens is 3. The van der Waals surface area contributed by atoms with Crippen LogP contribution in [0.15, 0.2) is 42.7 Å². The fourth-order valence-electron chi connectivity index (χ4n) is 3.00. The second kappa shape index (κ2) is 8.37. The lowest BCUT2D eigenvalue weighted by Crippen LogP contribution is -2.16. The second-order valence-electron chi connectivity index (χ2n) is 6.51. The van der Waals surface area contributed by atoms with E-state index in [2.05, 4.69) is 20.3 Å². The molecule has 3 aromatic heterocycles. The van der Waals surface area contributed by atoms with Gasteiger partial charge < -0.3 is 5.32 Å². The van der Waals surface area contributed by atoms with Gasteiger partial charge in [0.15, 0.2) is 5.13 Å². The highest BCUT2D eigenvalue weighted by atomic mass is 32.1. The van der Waals surface area contributed by atoms with Crippen LogP contribution in [0.25, 0.3) is 21.0 Å². The molecule has 1 amide bonds. The Kier molecular flexibility index (Phi) is 5.65. The minimum atomic E-state index is -0.753. The Morgan fingerprint density at radius 2 is 1.80 bits per heavy atom. The van der Waals surface area contributed by atoms with Crippen molar-refractivity contribution in [2.24, 2.45) is 0 Å². The summed E-state index contributed by atoms with van der Waals surface area (Å²) in [5.74, 6) is -2.05. The molecule has 5 nitrogen and oxygen atoms in total. The summed E-state index contributed by atoms with van der Waals surface area (Å²) >= 11 is 2.80. The molecule has 4 aromatic rings. The van der Waals surface area contributed by atoms with Crippen LogP contribution in [0.5, 0.6) is 0 Å². The highest BCUT2D eigenvalue weighted by Crippen LogP contribution is 2.42. The smallest absolute Gasteiger partial charge is 0.230 e. The van der Waals surface area contributed by atoms with E-state index in [1.807, 2.05) is 26.0 Å². The number of rotatable bonds is 5. The van der Waals surface area contributed by atoms with Crippen LogP contribution in [0, 0.1) is 25.5 Å². The first-order chi connectivity index (χ1) is 14.4. The summed E-state index contributed by atoms with van der Waals surface area (Å²) in [4.78, 5) is 27.4. The lowest BCUT2D eigenvalue weighted by atomic mass is 10.1. The van der Waals surface area contributed by atoms with Crippen LogP contribution in [0.4, 0.5) is 13.9 Å². The van der Waals surface area contributed by atoms with E-state index in [4.69, 9.17) is 0 Å². The average molecular weight is 443 g/mol. The molecule has 30 heavy (non-hydrogen) atoms. The first-order valence-electron chi connectivity index (χ1n) is 9.00. The van der Waals surface area contributed by atoms with Gasteiger partial charge in [-0.3, -0.25) is 9.78 Å². The van der Waals surface area contributed by atoms with Crippen molar-refractivity contribution in [1.82, 2.24) is 15.0 Å². The Bertz CT molecular complexity index is 1200. The van der Waals surface area contributed by atoms with Gasteiger partial charge in [0, 0.05) is 23.5 Å². The van der Waals surface area contributed by atoms with Gasteiger partial charge in [-0.15, -0.1) is 11.3 Å². The summed E-state index contributed by atoms with van der Waals surface area (Å²) < 4.78 is 27.7. The Hall–Kier alpha value is -3.04. The van der Waals surface area contributed by atoms with Gasteiger partial charge in [-0.25, -0.2) is 18.7 Å². The van der Waals surface area contributed by atoms with E-state index in [0.717, 1.165) is 38.2 Å². The van der Waals surface area contributed by atoms with Crippen molar-refractivity contribution in [3.05, 3.63) is 70.6 Å². The fraction of sp³-hybridized carbons (Fsp3) is 0.143. The quantitative estimate of drug-likeness (QED) is 0.449. The first-order valence-corrected chi connectivity index (χ1v) is 10.6. The van der Waals surface area contributed by atoms with E-state index in [0.29, 0.717) is 10.8 Å². The molecule has 0 radical (unpaired) electrons. The number of anilines is 1. The van der Waals surface area contributed by atoms with Crippen molar-refractivity contribution in [1.29, 1.82) is 0 Å². The predicted molar refractivity (Wildman–Crippen MR) is 115 cm³/mol. The van der Waals surface area contributed by atoms with Crippen molar-refractivity contribution >= 4 is 33.7 Å². The zero-order valence-corrected chi connectivity index (χ0v) is 17.7. The van der Waals surface area contributed by atoms with Gasteiger partial charge in [0.05, 0.1) is 26.9 Å². The number of carbonyl (C=O) groups excluding carboxylic acids is 1. The van der Waals surface area contributed by atoms with Crippen molar-refractivity contribution < 1.29 is 13.6 Å². The van der Waals surface area contributed by atoms with Crippen LogP contribution in [-0.4, -0.2) is 20.9 Å². The molecule has 0 spiro atoms. The molecule has 152 valence electrons. The van der Waals surface area contributed by atoms with Crippen molar-refractivity contribution in [2.45, 2.75) is 20.3 Å². The third-order valence-electron chi connectivity index (χ3n) is 4.31. The van der Waals surface area contributed by atoms with Gasteiger partial charge in [0.25, 0.3) is 0 Å². The van der Waals surface area contributed by atoms with E-state index in [9.17, 15) is 13.6 Å². The van der Waals surface area contributed by atoms with Crippen LogP contribution < -0.4 is 5.32 Å². The molecule has 0 aliphatic carbocycles. The molecule has 4 rings (SSSR count). The Morgan fingerprint density at radius 3 is 2.43 bits per heavy atom. The summed E-state index contributed by atoms with van der Waals surface area (Å²) in [5.41, 5.74) is 2.13. The Labute approximate surface area is 179 Å². The standard InChI is InChI=1S/C21H16F2N4OS2/c1-11-19(29-12(2)25-11)18-20(13-5-4-8-24-10-13)30-21(27-18)26-17(28)9-14-15(22)6-3-7-16(14)23/h3-8,10H,9H2,1-2H3,(H,26,27,28). The maximum absolute atomic E-state index is 13.9. The Balaban J connectivity index is 1.68. The average Bonchev–Trinajstić information content (AvgIpc) is 3.27. The number of amides is 1. The molecule has 1 N–H and O–H groups in total. The number of halogens is 2. The highest BCUT2D eigenvalue weighted by molar-refractivity contribution is 7.20. The van der Waals surface area contributed by atoms with Gasteiger partial charge in [-0.05, 0) is 32.0 Å². The molecule has 0 saturated heterocycles. The number of pyridine rings is 1. The molecule has 0 fully saturated rings. The number of nitrogens with zero attached hydrogens (tertiary/aromatic N) is 3. The predicted octanol–water partition coefficient (Wildman–Crippen LogP) is 5.40. The van der Waals surface area contributed by atoms with Gasteiger partial charge in [-0.1, -0.05) is 23.5 Å². The van der Waals surface area contributed by atoms with E-state index in [-0.39, 0.29) is 5.56 Å². The van der Waals surface area contributed by atoms with Crippen LogP contribution >= 0.6 is 22.7 Å². The molecule has 0 aliphatic heterocycles. The number of thiazole rings is 2. The first kappa shape index (κ1) is 20.2. The molecule has 0 unspecified atom stereocenters.